The standard InChI is InChI=1S/C27H21Cl2N5O4/c1-16-31-32-22(14-30-23(35)15-33-25(37)19-9-2-3-10-20(19)26(33)38)34(16)27(29)12-5-4-11-21(27)24(36)17-7-6-8-18(28)13-17/h2-13,21H,14-15H2,1H3,(H,30,35). The molecule has 2 unspecified atom stereocenters. The fourth-order valence-electron chi connectivity index (χ4n) is 4.64. The quantitative estimate of drug-likeness (QED) is 0.273. The number of benzene rings is 2. The Labute approximate surface area is 227 Å². The van der Waals surface area contributed by atoms with Gasteiger partial charge in [0, 0.05) is 10.6 Å². The number of hydrogen-bond acceptors (Lipinski definition) is 6. The van der Waals surface area contributed by atoms with Gasteiger partial charge in [0.2, 0.25) is 5.91 Å². The minimum Gasteiger partial charge on any atom is -0.347 e. The highest BCUT2D eigenvalue weighted by Gasteiger charge is 2.43. The number of halogens is 2. The first kappa shape index (κ1) is 25.6. The number of aryl methyl sites for hydroxylation is 1. The highest BCUT2D eigenvalue weighted by molar-refractivity contribution is 6.31. The zero-order valence-electron chi connectivity index (χ0n) is 20.1. The van der Waals surface area contributed by atoms with Crippen molar-refractivity contribution in [2.24, 2.45) is 5.92 Å². The molecule has 0 spiro atoms. The lowest BCUT2D eigenvalue weighted by Crippen LogP contribution is -2.43. The summed E-state index contributed by atoms with van der Waals surface area (Å²) in [6.07, 6.45) is 6.82. The normalized spacial score (nSPS) is 20.1. The summed E-state index contributed by atoms with van der Waals surface area (Å²) in [4.78, 5) is 50.9. The second-order valence-corrected chi connectivity index (χ2v) is 9.88. The van der Waals surface area contributed by atoms with Crippen LogP contribution in [-0.4, -0.2) is 49.7 Å². The van der Waals surface area contributed by atoms with Gasteiger partial charge in [-0.15, -0.1) is 10.2 Å². The summed E-state index contributed by atoms with van der Waals surface area (Å²) in [5, 5.41) is 11.4. The van der Waals surface area contributed by atoms with E-state index in [0.29, 0.717) is 16.4 Å². The van der Waals surface area contributed by atoms with Crippen molar-refractivity contribution in [2.75, 3.05) is 6.54 Å². The second kappa shape index (κ2) is 10.00. The topological polar surface area (TPSA) is 114 Å². The minimum atomic E-state index is -1.40. The molecule has 3 amide bonds. The summed E-state index contributed by atoms with van der Waals surface area (Å²) in [5.41, 5.74) is 0.920. The summed E-state index contributed by atoms with van der Waals surface area (Å²) in [6, 6.07) is 13.0. The zero-order chi connectivity index (χ0) is 27.0. The molecule has 1 aliphatic carbocycles. The molecule has 2 heterocycles. The molecule has 0 fully saturated rings. The first-order valence-corrected chi connectivity index (χ1v) is 12.4. The maximum atomic E-state index is 13.5. The molecule has 192 valence electrons. The van der Waals surface area contributed by atoms with Gasteiger partial charge in [0.05, 0.1) is 23.6 Å². The molecule has 0 radical (unpaired) electrons. The number of alkyl halides is 1. The van der Waals surface area contributed by atoms with Gasteiger partial charge in [-0.2, -0.15) is 0 Å². The first-order valence-electron chi connectivity index (χ1n) is 11.7. The van der Waals surface area contributed by atoms with Crippen molar-refractivity contribution in [3.63, 3.8) is 0 Å². The maximum absolute atomic E-state index is 13.5. The van der Waals surface area contributed by atoms with E-state index in [1.165, 1.54) is 0 Å². The van der Waals surface area contributed by atoms with Crippen LogP contribution in [0, 0.1) is 12.8 Å². The Balaban J connectivity index is 1.35. The number of amides is 3. The fourth-order valence-corrected chi connectivity index (χ4v) is 5.29. The van der Waals surface area contributed by atoms with Crippen molar-refractivity contribution in [2.45, 2.75) is 18.5 Å². The van der Waals surface area contributed by atoms with Gasteiger partial charge in [-0.05, 0) is 37.3 Å². The summed E-state index contributed by atoms with van der Waals surface area (Å²) >= 11 is 13.2. The molecule has 38 heavy (non-hydrogen) atoms. The van der Waals surface area contributed by atoms with E-state index in [2.05, 4.69) is 15.5 Å². The number of ketones is 1. The Hall–Kier alpha value is -4.08. The second-order valence-electron chi connectivity index (χ2n) is 8.84. The summed E-state index contributed by atoms with van der Waals surface area (Å²) < 4.78 is 1.59. The number of nitrogens with one attached hydrogen (secondary N) is 1. The summed E-state index contributed by atoms with van der Waals surface area (Å²) in [5.74, 6) is -1.99. The Bertz CT molecular complexity index is 1510. The van der Waals surface area contributed by atoms with Gasteiger partial charge in [0.15, 0.2) is 16.6 Å². The minimum absolute atomic E-state index is 0.104. The number of Topliss-reactive ketones (excluding diaryl/α,β-unsaturated/α-hetero) is 1. The van der Waals surface area contributed by atoms with Gasteiger partial charge in [-0.1, -0.05) is 65.7 Å². The van der Waals surface area contributed by atoms with Crippen LogP contribution in [0.3, 0.4) is 0 Å². The van der Waals surface area contributed by atoms with Gasteiger partial charge in [0.1, 0.15) is 12.4 Å². The van der Waals surface area contributed by atoms with Crippen LogP contribution >= 0.6 is 23.2 Å². The zero-order valence-corrected chi connectivity index (χ0v) is 21.6. The number of nitrogens with zero attached hydrogens (tertiary/aromatic N) is 4. The molecule has 0 saturated heterocycles. The van der Waals surface area contributed by atoms with Crippen molar-refractivity contribution < 1.29 is 19.2 Å². The van der Waals surface area contributed by atoms with Crippen molar-refractivity contribution in [1.82, 2.24) is 25.0 Å². The molecular formula is C27H21Cl2N5O4. The van der Waals surface area contributed by atoms with Crippen LogP contribution in [0.25, 0.3) is 0 Å². The number of rotatable bonds is 7. The smallest absolute Gasteiger partial charge is 0.262 e. The lowest BCUT2D eigenvalue weighted by atomic mass is 9.86. The number of hydrogen-bond donors (Lipinski definition) is 1. The first-order chi connectivity index (χ1) is 18.2. The monoisotopic (exact) mass is 549 g/mol. The molecule has 1 aliphatic heterocycles. The molecule has 1 N–H and O–H groups in total. The van der Waals surface area contributed by atoms with Crippen LogP contribution in [0.1, 0.15) is 42.7 Å². The number of carbonyl (C=O) groups is 4. The van der Waals surface area contributed by atoms with Crippen molar-refractivity contribution in [1.29, 1.82) is 0 Å². The van der Waals surface area contributed by atoms with Crippen molar-refractivity contribution in [3.8, 4) is 0 Å². The Kier molecular flexibility index (Phi) is 6.73. The van der Waals surface area contributed by atoms with E-state index >= 15 is 0 Å². The van der Waals surface area contributed by atoms with Gasteiger partial charge < -0.3 is 5.32 Å². The molecule has 2 aliphatic rings. The highest BCUT2D eigenvalue weighted by atomic mass is 35.5. The lowest BCUT2D eigenvalue weighted by molar-refractivity contribution is -0.121. The number of imide groups is 1. The van der Waals surface area contributed by atoms with E-state index in [1.807, 2.05) is 0 Å². The summed E-state index contributed by atoms with van der Waals surface area (Å²) in [7, 11) is 0. The van der Waals surface area contributed by atoms with Gasteiger partial charge in [0.25, 0.3) is 11.8 Å². The van der Waals surface area contributed by atoms with Crippen LogP contribution in [0.5, 0.6) is 0 Å². The molecule has 11 heteroatoms. The third kappa shape index (κ3) is 4.44. The molecule has 2 atom stereocenters. The van der Waals surface area contributed by atoms with Crippen LogP contribution in [0.2, 0.25) is 5.02 Å². The van der Waals surface area contributed by atoms with E-state index in [0.717, 1.165) is 4.90 Å². The van der Waals surface area contributed by atoms with E-state index in [4.69, 9.17) is 23.2 Å². The van der Waals surface area contributed by atoms with E-state index in [9.17, 15) is 19.2 Å². The molecule has 5 rings (SSSR count). The van der Waals surface area contributed by atoms with Crippen LogP contribution in [0.4, 0.5) is 0 Å². The third-order valence-corrected chi connectivity index (χ3v) is 7.20. The predicted molar refractivity (Wildman–Crippen MR) is 140 cm³/mol. The molecule has 0 saturated carbocycles. The Morgan fingerprint density at radius 3 is 2.42 bits per heavy atom. The Morgan fingerprint density at radius 2 is 1.74 bits per heavy atom. The molecule has 3 aromatic rings. The SMILES string of the molecule is Cc1nnc(CNC(=O)CN2C(=O)c3ccccc3C2=O)n1C1(Cl)C=CC=CC1C(=O)c1cccc(Cl)c1. The lowest BCUT2D eigenvalue weighted by Gasteiger charge is -2.35. The maximum Gasteiger partial charge on any atom is 0.262 e. The van der Waals surface area contributed by atoms with E-state index in [1.54, 1.807) is 84.3 Å². The molecule has 1 aromatic heterocycles. The summed E-state index contributed by atoms with van der Waals surface area (Å²) in [6.45, 7) is 1.13. The largest absolute Gasteiger partial charge is 0.347 e. The van der Waals surface area contributed by atoms with Crippen molar-refractivity contribution in [3.05, 3.63) is 106 Å². The molecule has 9 nitrogen and oxygen atoms in total. The number of carbonyl (C=O) groups excluding carboxylic acids is 4. The van der Waals surface area contributed by atoms with Crippen LogP contribution in [0.15, 0.2) is 72.8 Å². The van der Waals surface area contributed by atoms with Gasteiger partial charge in [-0.25, -0.2) is 0 Å². The fraction of sp³-hybridized carbons (Fsp3) is 0.185. The third-order valence-electron chi connectivity index (χ3n) is 6.43. The van der Waals surface area contributed by atoms with Crippen molar-refractivity contribution >= 4 is 46.7 Å². The average Bonchev–Trinajstić information content (AvgIpc) is 3.40. The van der Waals surface area contributed by atoms with Gasteiger partial charge >= 0.3 is 0 Å². The predicted octanol–water partition coefficient (Wildman–Crippen LogP) is 3.67. The average molecular weight is 550 g/mol. The Morgan fingerprint density at radius 1 is 1.03 bits per heavy atom. The molecule has 0 bridgehead atoms. The van der Waals surface area contributed by atoms with Gasteiger partial charge in [-0.3, -0.25) is 28.6 Å². The number of fused-ring (bicyclic) bond motifs is 1. The number of allylic oxidation sites excluding steroid dienone is 4. The molecule has 2 aromatic carbocycles. The van der Waals surface area contributed by atoms with Crippen LogP contribution < -0.4 is 5.32 Å². The van der Waals surface area contributed by atoms with Crippen LogP contribution in [-0.2, 0) is 16.3 Å². The van der Waals surface area contributed by atoms with E-state index in [-0.39, 0.29) is 29.3 Å². The highest BCUT2D eigenvalue weighted by Crippen LogP contribution is 2.40. The molecular weight excluding hydrogens is 529 g/mol. The number of aromatic nitrogens is 3. The van der Waals surface area contributed by atoms with E-state index < -0.39 is 35.2 Å².